The molecule has 0 bridgehead atoms. The summed E-state index contributed by atoms with van der Waals surface area (Å²) in [6.45, 7) is 3.67. The Kier molecular flexibility index (Phi) is 4.09. The number of nitrogens with two attached hydrogens (primary N) is 1. The maximum Gasteiger partial charge on any atom is 0.143 e. The van der Waals surface area contributed by atoms with E-state index < -0.39 is 0 Å². The number of amidine groups is 1. The number of hydrogen-bond acceptors (Lipinski definition) is 3. The van der Waals surface area contributed by atoms with Crippen molar-refractivity contribution >= 4 is 39.1 Å². The summed E-state index contributed by atoms with van der Waals surface area (Å²) in [6, 6.07) is 7.41. The third-order valence-corrected chi connectivity index (χ3v) is 3.63. The molecule has 0 fully saturated rings. The first-order valence-electron chi connectivity index (χ1n) is 5.44. The lowest BCUT2D eigenvalue weighted by molar-refractivity contribution is 0.507. The summed E-state index contributed by atoms with van der Waals surface area (Å²) in [7, 11) is 0. The molecule has 6 heteroatoms. The highest BCUT2D eigenvalue weighted by molar-refractivity contribution is 9.11. The largest absolute Gasteiger partial charge is 0.339 e. The van der Waals surface area contributed by atoms with E-state index in [-0.39, 0.29) is 5.84 Å². The number of nitrogens with zero attached hydrogens (tertiary/aromatic N) is 1. The van der Waals surface area contributed by atoms with Crippen LogP contribution in [0.5, 0.6) is 0 Å². The van der Waals surface area contributed by atoms with Crippen molar-refractivity contribution in [3.8, 4) is 0 Å². The van der Waals surface area contributed by atoms with Gasteiger partial charge in [0.1, 0.15) is 11.7 Å². The van der Waals surface area contributed by atoms with Crippen LogP contribution >= 0.6 is 27.5 Å². The molecule has 0 radical (unpaired) electrons. The number of halogens is 2. The summed E-state index contributed by atoms with van der Waals surface area (Å²) < 4.78 is 0.664. The molecule has 0 aromatic heterocycles. The second-order valence-corrected chi connectivity index (χ2v) is 5.08. The van der Waals surface area contributed by atoms with Crippen LogP contribution in [0.4, 0.5) is 0 Å². The highest BCUT2D eigenvalue weighted by Crippen LogP contribution is 2.27. The standard InChI is InChI=1S/C13H12BrClN4/c1-2-9(14)13-18-11(7-12(16)19(13)17)8-5-3-4-6-10(8)15/h2-7,16,18H,1,17H2/b13-9+,16-12?. The molecule has 1 aromatic carbocycles. The number of nitrogens with one attached hydrogen (secondary N) is 2. The molecular weight excluding hydrogens is 328 g/mol. The minimum Gasteiger partial charge on any atom is -0.339 e. The van der Waals surface area contributed by atoms with Crippen LogP contribution in [0.2, 0.25) is 5.02 Å². The predicted octanol–water partition coefficient (Wildman–Crippen LogP) is 3.19. The van der Waals surface area contributed by atoms with E-state index in [0.717, 1.165) is 5.56 Å². The van der Waals surface area contributed by atoms with Crippen molar-refractivity contribution in [3.05, 3.63) is 63.9 Å². The maximum absolute atomic E-state index is 7.90. The molecular formula is C13H12BrClN4. The Morgan fingerprint density at radius 3 is 2.79 bits per heavy atom. The zero-order valence-electron chi connectivity index (χ0n) is 9.95. The van der Waals surface area contributed by atoms with Gasteiger partial charge in [0.25, 0.3) is 0 Å². The van der Waals surface area contributed by atoms with Gasteiger partial charge in [-0.3, -0.25) is 5.41 Å². The summed E-state index contributed by atoms with van der Waals surface area (Å²) in [6.07, 6.45) is 3.22. The van der Waals surface area contributed by atoms with Crippen molar-refractivity contribution in [2.75, 3.05) is 0 Å². The molecule has 1 aromatic rings. The van der Waals surface area contributed by atoms with Gasteiger partial charge in [0, 0.05) is 16.7 Å². The smallest absolute Gasteiger partial charge is 0.143 e. The van der Waals surface area contributed by atoms with Crippen LogP contribution < -0.4 is 11.2 Å². The third-order valence-electron chi connectivity index (χ3n) is 2.60. The fourth-order valence-corrected chi connectivity index (χ4v) is 2.17. The molecule has 4 nitrogen and oxygen atoms in total. The lowest BCUT2D eigenvalue weighted by Gasteiger charge is -2.29. The van der Waals surface area contributed by atoms with E-state index in [9.17, 15) is 0 Å². The number of hydrogen-bond donors (Lipinski definition) is 3. The lowest BCUT2D eigenvalue weighted by atomic mass is 10.1. The van der Waals surface area contributed by atoms with Crippen molar-refractivity contribution < 1.29 is 0 Å². The van der Waals surface area contributed by atoms with Gasteiger partial charge in [-0.2, -0.15) is 0 Å². The summed E-state index contributed by atoms with van der Waals surface area (Å²) in [5, 5.41) is 12.9. The third kappa shape index (κ3) is 2.73. The van der Waals surface area contributed by atoms with Crippen molar-refractivity contribution in [1.82, 2.24) is 10.3 Å². The van der Waals surface area contributed by atoms with E-state index in [0.29, 0.717) is 21.0 Å². The summed E-state index contributed by atoms with van der Waals surface area (Å²) in [5.41, 5.74) is 1.52. The summed E-state index contributed by atoms with van der Waals surface area (Å²) in [5.74, 6) is 6.50. The topological polar surface area (TPSA) is 65.1 Å². The van der Waals surface area contributed by atoms with Gasteiger partial charge in [0.2, 0.25) is 0 Å². The molecule has 1 aliphatic rings. The van der Waals surface area contributed by atoms with Gasteiger partial charge in [0.05, 0.1) is 10.2 Å². The Morgan fingerprint density at radius 2 is 2.16 bits per heavy atom. The highest BCUT2D eigenvalue weighted by Gasteiger charge is 2.21. The van der Waals surface area contributed by atoms with E-state index >= 15 is 0 Å². The van der Waals surface area contributed by atoms with E-state index in [1.165, 1.54) is 5.01 Å². The van der Waals surface area contributed by atoms with E-state index in [4.69, 9.17) is 22.9 Å². The van der Waals surface area contributed by atoms with E-state index in [1.54, 1.807) is 18.2 Å². The van der Waals surface area contributed by atoms with Gasteiger partial charge >= 0.3 is 0 Å². The van der Waals surface area contributed by atoms with Gasteiger partial charge in [-0.15, -0.1) is 0 Å². The first-order chi connectivity index (χ1) is 9.04. The van der Waals surface area contributed by atoms with Crippen molar-refractivity contribution in [1.29, 1.82) is 5.41 Å². The molecule has 0 amide bonds. The van der Waals surface area contributed by atoms with Crippen LogP contribution in [-0.2, 0) is 0 Å². The number of benzene rings is 1. The first kappa shape index (κ1) is 13.9. The SMILES string of the molecule is C=C/C(Br)=C1/NC(c2ccccc2Cl)=CC(=N)N1N. The molecule has 0 saturated carbocycles. The molecule has 0 unspecified atom stereocenters. The number of rotatable bonds is 2. The van der Waals surface area contributed by atoms with Crippen LogP contribution in [0.15, 0.2) is 53.3 Å². The van der Waals surface area contributed by atoms with Crippen LogP contribution in [0.3, 0.4) is 0 Å². The average Bonchev–Trinajstić information content (AvgIpc) is 2.41. The Balaban J connectivity index is 2.50. The molecule has 1 aliphatic heterocycles. The fourth-order valence-electron chi connectivity index (χ4n) is 1.65. The molecule has 1 heterocycles. The predicted molar refractivity (Wildman–Crippen MR) is 82.5 cm³/mol. The lowest BCUT2D eigenvalue weighted by Crippen LogP contribution is -2.44. The van der Waals surface area contributed by atoms with Crippen molar-refractivity contribution in [2.24, 2.45) is 5.84 Å². The second kappa shape index (κ2) is 5.61. The Bertz CT molecular complexity index is 606. The van der Waals surface area contributed by atoms with Crippen LogP contribution in [0, 0.1) is 5.41 Å². The maximum atomic E-state index is 7.90. The normalized spacial score (nSPS) is 17.7. The zero-order chi connectivity index (χ0) is 14.0. The molecule has 19 heavy (non-hydrogen) atoms. The summed E-state index contributed by atoms with van der Waals surface area (Å²) >= 11 is 9.50. The van der Waals surface area contributed by atoms with Crippen molar-refractivity contribution in [2.45, 2.75) is 0 Å². The average molecular weight is 340 g/mol. The summed E-state index contributed by atoms with van der Waals surface area (Å²) in [4.78, 5) is 0. The van der Waals surface area contributed by atoms with Gasteiger partial charge in [-0.1, -0.05) is 42.5 Å². The zero-order valence-corrected chi connectivity index (χ0v) is 12.3. The van der Waals surface area contributed by atoms with Gasteiger partial charge in [0.15, 0.2) is 0 Å². The minimum atomic E-state index is 0.155. The van der Waals surface area contributed by atoms with Gasteiger partial charge < -0.3 is 5.32 Å². The van der Waals surface area contributed by atoms with Crippen LogP contribution in [0.1, 0.15) is 5.56 Å². The van der Waals surface area contributed by atoms with Crippen LogP contribution in [0.25, 0.3) is 5.70 Å². The van der Waals surface area contributed by atoms with E-state index in [1.807, 2.05) is 18.2 Å². The van der Waals surface area contributed by atoms with Crippen LogP contribution in [-0.4, -0.2) is 10.8 Å². The Hall–Kier alpha value is -1.56. The minimum absolute atomic E-state index is 0.155. The van der Waals surface area contributed by atoms with Gasteiger partial charge in [-0.05, 0) is 22.0 Å². The quantitative estimate of drug-likeness (QED) is 0.725. The molecule has 0 spiro atoms. The number of allylic oxidation sites excluding steroid dienone is 2. The molecule has 2 rings (SSSR count). The molecule has 0 atom stereocenters. The molecule has 0 saturated heterocycles. The van der Waals surface area contributed by atoms with Crippen molar-refractivity contribution in [3.63, 3.8) is 0 Å². The fraction of sp³-hybridized carbons (Fsp3) is 0. The Labute approximate surface area is 124 Å². The molecule has 4 N–H and O–H groups in total. The molecule has 0 aliphatic carbocycles. The Morgan fingerprint density at radius 1 is 1.47 bits per heavy atom. The number of hydrazine groups is 1. The van der Waals surface area contributed by atoms with E-state index in [2.05, 4.69) is 27.8 Å². The monoisotopic (exact) mass is 338 g/mol. The molecule has 98 valence electrons. The van der Waals surface area contributed by atoms with Gasteiger partial charge in [-0.25, -0.2) is 10.9 Å². The highest BCUT2D eigenvalue weighted by atomic mass is 79.9. The first-order valence-corrected chi connectivity index (χ1v) is 6.61. The second-order valence-electron chi connectivity index (χ2n) is 3.82.